The fraction of sp³-hybridized carbons (Fsp3) is 0.0556. The van der Waals surface area contributed by atoms with Crippen molar-refractivity contribution >= 4 is 27.5 Å². The first-order valence-corrected chi connectivity index (χ1v) is 6.92. The molecule has 2 heterocycles. The van der Waals surface area contributed by atoms with Crippen LogP contribution in [0.2, 0.25) is 0 Å². The van der Waals surface area contributed by atoms with Gasteiger partial charge in [-0.05, 0) is 41.5 Å². The molecular formula is C18H15N3. The third-order valence-electron chi connectivity index (χ3n) is 4.03. The third kappa shape index (κ3) is 1.78. The van der Waals surface area contributed by atoms with Crippen molar-refractivity contribution in [3.05, 3.63) is 60.9 Å². The zero-order chi connectivity index (χ0) is 14.4. The van der Waals surface area contributed by atoms with E-state index in [4.69, 9.17) is 5.73 Å². The highest BCUT2D eigenvalue weighted by Crippen LogP contribution is 2.31. The van der Waals surface area contributed by atoms with Gasteiger partial charge < -0.3 is 10.3 Å². The molecule has 3 heteroatoms. The summed E-state index contributed by atoms with van der Waals surface area (Å²) in [4.78, 5) is 4.22. The fourth-order valence-corrected chi connectivity index (χ4v) is 2.95. The molecule has 21 heavy (non-hydrogen) atoms. The van der Waals surface area contributed by atoms with Crippen LogP contribution in [0.1, 0.15) is 0 Å². The molecule has 2 N–H and O–H groups in total. The van der Waals surface area contributed by atoms with Gasteiger partial charge in [0.05, 0.1) is 11.7 Å². The normalized spacial score (nSPS) is 11.3. The Morgan fingerprint density at radius 2 is 1.76 bits per heavy atom. The molecule has 2 aromatic carbocycles. The van der Waals surface area contributed by atoms with Crippen LogP contribution in [0.15, 0.2) is 60.9 Å². The number of aryl methyl sites for hydroxylation is 1. The van der Waals surface area contributed by atoms with Gasteiger partial charge in [-0.2, -0.15) is 0 Å². The minimum atomic E-state index is 0.787. The van der Waals surface area contributed by atoms with Crippen molar-refractivity contribution in [2.24, 2.45) is 7.05 Å². The molecule has 2 aromatic heterocycles. The largest absolute Gasteiger partial charge is 0.399 e. The van der Waals surface area contributed by atoms with Crippen LogP contribution in [0, 0.1) is 0 Å². The van der Waals surface area contributed by atoms with E-state index in [1.54, 1.807) is 0 Å². The van der Waals surface area contributed by atoms with Crippen LogP contribution in [0.5, 0.6) is 0 Å². The van der Waals surface area contributed by atoms with E-state index in [2.05, 4.69) is 46.9 Å². The Morgan fingerprint density at radius 3 is 2.62 bits per heavy atom. The first-order valence-electron chi connectivity index (χ1n) is 6.92. The lowest BCUT2D eigenvalue weighted by Crippen LogP contribution is -1.87. The summed E-state index contributed by atoms with van der Waals surface area (Å²) in [5.41, 5.74) is 11.4. The molecule has 0 atom stereocenters. The van der Waals surface area contributed by atoms with E-state index in [0.29, 0.717) is 0 Å². The number of rotatable bonds is 1. The molecule has 0 fully saturated rings. The number of benzene rings is 2. The molecule has 3 nitrogen and oxygen atoms in total. The molecule has 0 saturated heterocycles. The number of pyridine rings is 1. The second-order valence-corrected chi connectivity index (χ2v) is 5.31. The molecule has 0 unspecified atom stereocenters. The van der Waals surface area contributed by atoms with Crippen molar-refractivity contribution in [2.45, 2.75) is 0 Å². The number of fused-ring (bicyclic) bond motifs is 3. The number of anilines is 1. The molecule has 0 aliphatic carbocycles. The predicted molar refractivity (Wildman–Crippen MR) is 88.1 cm³/mol. The molecule has 102 valence electrons. The SMILES string of the molecule is Cn1c2ccc(-c3cccc(N)c3)cc2c2ccncc21. The van der Waals surface area contributed by atoms with E-state index >= 15 is 0 Å². The smallest absolute Gasteiger partial charge is 0.0675 e. The first kappa shape index (κ1) is 12.0. The van der Waals surface area contributed by atoms with Crippen molar-refractivity contribution in [1.29, 1.82) is 0 Å². The topological polar surface area (TPSA) is 43.8 Å². The molecule has 0 saturated carbocycles. The lowest BCUT2D eigenvalue weighted by Gasteiger charge is -2.04. The monoisotopic (exact) mass is 273 g/mol. The maximum Gasteiger partial charge on any atom is 0.0675 e. The highest BCUT2D eigenvalue weighted by Gasteiger charge is 2.09. The van der Waals surface area contributed by atoms with Gasteiger partial charge in [0.2, 0.25) is 0 Å². The Morgan fingerprint density at radius 1 is 0.905 bits per heavy atom. The van der Waals surface area contributed by atoms with Gasteiger partial charge in [0.15, 0.2) is 0 Å². The van der Waals surface area contributed by atoms with Gasteiger partial charge in [0.1, 0.15) is 0 Å². The van der Waals surface area contributed by atoms with Gasteiger partial charge >= 0.3 is 0 Å². The zero-order valence-corrected chi connectivity index (χ0v) is 11.7. The maximum atomic E-state index is 5.89. The number of hydrogen-bond donors (Lipinski definition) is 1. The number of nitrogens with two attached hydrogens (primary N) is 1. The summed E-state index contributed by atoms with van der Waals surface area (Å²) in [6, 6.07) is 16.6. The van der Waals surface area contributed by atoms with Crippen LogP contribution in [0.3, 0.4) is 0 Å². The quantitative estimate of drug-likeness (QED) is 0.533. The second-order valence-electron chi connectivity index (χ2n) is 5.31. The van der Waals surface area contributed by atoms with Gasteiger partial charge in [0, 0.05) is 35.2 Å². The third-order valence-corrected chi connectivity index (χ3v) is 4.03. The van der Waals surface area contributed by atoms with Crippen LogP contribution in [-0.2, 0) is 7.05 Å². The lowest BCUT2D eigenvalue weighted by molar-refractivity contribution is 1.01. The van der Waals surface area contributed by atoms with E-state index in [1.807, 2.05) is 30.6 Å². The molecule has 0 radical (unpaired) electrons. The fourth-order valence-electron chi connectivity index (χ4n) is 2.95. The Kier molecular flexibility index (Phi) is 2.48. The maximum absolute atomic E-state index is 5.89. The van der Waals surface area contributed by atoms with E-state index in [1.165, 1.54) is 21.9 Å². The van der Waals surface area contributed by atoms with Gasteiger partial charge in [-0.25, -0.2) is 0 Å². The summed E-state index contributed by atoms with van der Waals surface area (Å²) in [5, 5.41) is 2.48. The van der Waals surface area contributed by atoms with Crippen molar-refractivity contribution < 1.29 is 0 Å². The summed E-state index contributed by atoms with van der Waals surface area (Å²) < 4.78 is 2.18. The standard InChI is InChI=1S/C18H15N3/c1-21-17-6-5-13(12-3-2-4-14(19)9-12)10-16(17)15-7-8-20-11-18(15)21/h2-11H,19H2,1H3. The van der Waals surface area contributed by atoms with E-state index in [0.717, 1.165) is 16.8 Å². The number of nitrogens with zero attached hydrogens (tertiary/aromatic N) is 2. The average molecular weight is 273 g/mol. The minimum absolute atomic E-state index is 0.787. The van der Waals surface area contributed by atoms with E-state index in [9.17, 15) is 0 Å². The first-order chi connectivity index (χ1) is 10.2. The van der Waals surface area contributed by atoms with Crippen LogP contribution < -0.4 is 5.73 Å². The van der Waals surface area contributed by atoms with E-state index < -0.39 is 0 Å². The number of hydrogen-bond acceptors (Lipinski definition) is 2. The molecule has 4 rings (SSSR count). The molecule has 0 aliphatic heterocycles. The highest BCUT2D eigenvalue weighted by atomic mass is 14.9. The zero-order valence-electron chi connectivity index (χ0n) is 11.7. The van der Waals surface area contributed by atoms with E-state index in [-0.39, 0.29) is 0 Å². The molecular weight excluding hydrogens is 258 g/mol. The van der Waals surface area contributed by atoms with Crippen molar-refractivity contribution in [3.63, 3.8) is 0 Å². The Bertz CT molecular complexity index is 967. The molecule has 0 spiro atoms. The summed E-state index contributed by atoms with van der Waals surface area (Å²) >= 11 is 0. The summed E-state index contributed by atoms with van der Waals surface area (Å²) in [7, 11) is 2.08. The van der Waals surface area contributed by atoms with Gasteiger partial charge in [0.25, 0.3) is 0 Å². The Balaban J connectivity index is 2.04. The summed E-state index contributed by atoms with van der Waals surface area (Å²) in [5.74, 6) is 0. The highest BCUT2D eigenvalue weighted by molar-refractivity contribution is 6.08. The molecule has 0 bridgehead atoms. The van der Waals surface area contributed by atoms with Gasteiger partial charge in [-0.1, -0.05) is 18.2 Å². The van der Waals surface area contributed by atoms with Crippen molar-refractivity contribution in [1.82, 2.24) is 9.55 Å². The molecule has 0 aliphatic rings. The van der Waals surface area contributed by atoms with Gasteiger partial charge in [-0.3, -0.25) is 4.98 Å². The second kappa shape index (κ2) is 4.35. The van der Waals surface area contributed by atoms with Crippen LogP contribution >= 0.6 is 0 Å². The summed E-state index contributed by atoms with van der Waals surface area (Å²) in [6.45, 7) is 0. The molecule has 4 aromatic rings. The van der Waals surface area contributed by atoms with Crippen LogP contribution in [0.4, 0.5) is 5.69 Å². The van der Waals surface area contributed by atoms with Crippen LogP contribution in [0.25, 0.3) is 32.9 Å². The lowest BCUT2D eigenvalue weighted by atomic mass is 10.0. The van der Waals surface area contributed by atoms with Gasteiger partial charge in [-0.15, -0.1) is 0 Å². The average Bonchev–Trinajstić information content (AvgIpc) is 2.81. The Labute approximate surface area is 122 Å². The van der Waals surface area contributed by atoms with Crippen molar-refractivity contribution in [3.8, 4) is 11.1 Å². The summed E-state index contributed by atoms with van der Waals surface area (Å²) in [6.07, 6.45) is 3.75. The Hall–Kier alpha value is -2.81. The molecule has 0 amide bonds. The number of aromatic nitrogens is 2. The predicted octanol–water partition coefficient (Wildman–Crippen LogP) is 3.98. The van der Waals surface area contributed by atoms with Crippen molar-refractivity contribution in [2.75, 3.05) is 5.73 Å². The minimum Gasteiger partial charge on any atom is -0.399 e. The van der Waals surface area contributed by atoms with Crippen LogP contribution in [-0.4, -0.2) is 9.55 Å². The number of nitrogen functional groups attached to an aromatic ring is 1.